The van der Waals surface area contributed by atoms with Gasteiger partial charge in [0.1, 0.15) is 0 Å². The fraction of sp³-hybridized carbons (Fsp3) is 0. The molecule has 0 rings (SSSR count). The minimum atomic E-state index is -7.05. The average Bonchev–Trinajstić information content (AvgIpc) is 2.18. The number of carbonyl (C=O) groups is 2. The molecule has 0 amide bonds. The number of nitrogens with zero attached hydrogens (tertiary/aromatic N) is 2. The van der Waals surface area contributed by atoms with Gasteiger partial charge in [0.15, 0.2) is 0 Å². The van der Waals surface area contributed by atoms with E-state index in [9.17, 15) is 27.6 Å². The van der Waals surface area contributed by atoms with Crippen molar-refractivity contribution in [1.29, 1.82) is 0 Å². The van der Waals surface area contributed by atoms with Crippen LogP contribution in [0.15, 0.2) is 10.3 Å². The quantitative estimate of drug-likeness (QED) is 0.0986. The summed E-state index contributed by atoms with van der Waals surface area (Å²) in [7, 11) is -7.05. The summed E-state index contributed by atoms with van der Waals surface area (Å²) in [5.74, 6) is -3.20. The van der Waals surface area contributed by atoms with Crippen molar-refractivity contribution in [3.05, 3.63) is 0 Å². The third-order valence-corrected chi connectivity index (χ3v) is 0.498. The van der Waals surface area contributed by atoms with Crippen molar-refractivity contribution in [2.24, 2.45) is 10.3 Å². The Kier molecular flexibility index (Phi) is 11.2. The van der Waals surface area contributed by atoms with Gasteiger partial charge in [-0.05, 0) is 0 Å². The molecule has 0 aliphatic heterocycles. The molecule has 0 aliphatic rings. The maximum atomic E-state index is 10.5. The van der Waals surface area contributed by atoms with Crippen molar-refractivity contribution < 1.29 is 51.9 Å². The fourth-order valence-electron chi connectivity index (χ4n) is 0.195. The van der Waals surface area contributed by atoms with Crippen LogP contribution < -0.4 is 0 Å². The van der Waals surface area contributed by atoms with Crippen LogP contribution in [0.3, 0.4) is 0 Å². The molecule has 3 N–H and O–H groups in total. The van der Waals surface area contributed by atoms with E-state index in [2.05, 4.69) is 20.0 Å². The maximum absolute atomic E-state index is 10.5. The number of hydrogen-bond acceptors (Lipinski definition) is 11. The van der Waals surface area contributed by atoms with Crippen molar-refractivity contribution >= 4 is 50.9 Å². The number of isocyanates is 2. The Bertz CT molecular complexity index is 375. The fourth-order valence-corrected chi connectivity index (χ4v) is 0.195. The minimum absolute atomic E-state index is 0. The first-order valence-corrected chi connectivity index (χ1v) is 5.10. The summed E-state index contributed by atoms with van der Waals surface area (Å²) in [6, 6.07) is 0. The Morgan fingerprint density at radius 2 is 1.16 bits per heavy atom. The summed E-state index contributed by atoms with van der Waals surface area (Å²) in [5.41, 5.74) is 0. The number of rotatable bonds is 2. The van der Waals surface area contributed by atoms with Gasteiger partial charge < -0.3 is 0 Å². The second-order valence-electron chi connectivity index (χ2n) is 1.91. The molecule has 104 valence electrons. The first kappa shape index (κ1) is 22.6. The Morgan fingerprint density at radius 3 is 1.32 bits per heavy atom. The molecule has 0 bridgehead atoms. The van der Waals surface area contributed by atoms with Crippen LogP contribution in [0, 0.1) is 0 Å². The molecule has 0 aromatic carbocycles. The predicted molar refractivity (Wildman–Crippen MR) is 51.4 cm³/mol. The van der Waals surface area contributed by atoms with Crippen LogP contribution in [-0.4, -0.2) is 57.6 Å². The van der Waals surface area contributed by atoms with E-state index in [4.69, 9.17) is 14.7 Å². The Morgan fingerprint density at radius 1 is 0.947 bits per heavy atom. The molecule has 0 unspecified atom stereocenters. The van der Waals surface area contributed by atoms with Crippen molar-refractivity contribution in [3.8, 4) is 0 Å². The van der Waals surface area contributed by atoms with Crippen molar-refractivity contribution in [2.75, 3.05) is 0 Å². The van der Waals surface area contributed by atoms with Gasteiger partial charge in [-0.1, -0.05) is 0 Å². The summed E-state index contributed by atoms with van der Waals surface area (Å²) >= 11 is 0. The normalized spacial score (nSPS) is 10.5. The molecule has 0 aliphatic carbocycles. The molecule has 15 heteroatoms. The second kappa shape index (κ2) is 9.40. The van der Waals surface area contributed by atoms with Crippen LogP contribution in [0.5, 0.6) is 0 Å². The van der Waals surface area contributed by atoms with E-state index in [0.29, 0.717) is 0 Å². The summed E-state index contributed by atoms with van der Waals surface area (Å²) in [6.45, 7) is 0. The molecule has 0 saturated heterocycles. The van der Waals surface area contributed by atoms with Crippen LogP contribution in [0.2, 0.25) is 0 Å². The first-order chi connectivity index (χ1) is 7.95. The molecule has 0 aromatic rings. The predicted octanol–water partition coefficient (Wildman–Crippen LogP) is -2.04. The third-order valence-electron chi connectivity index (χ3n) is 0.498. The van der Waals surface area contributed by atoms with E-state index in [-0.39, 0.29) is 18.9 Å². The van der Waals surface area contributed by atoms with E-state index in [1.807, 2.05) is 0 Å². The van der Waals surface area contributed by atoms with Gasteiger partial charge >= 0.3 is 61.8 Å². The summed E-state index contributed by atoms with van der Waals surface area (Å²) in [6.07, 6.45) is 1.65. The van der Waals surface area contributed by atoms with Crippen LogP contribution in [0.4, 0.5) is 8.39 Å². The zero-order valence-electron chi connectivity index (χ0n) is 7.89. The Labute approximate surface area is 114 Å². The van der Waals surface area contributed by atoms with Crippen LogP contribution in [0.1, 0.15) is 0 Å². The summed E-state index contributed by atoms with van der Waals surface area (Å²) < 4.78 is 21.0. The molecule has 11 nitrogen and oxygen atoms in total. The van der Waals surface area contributed by atoms with Crippen molar-refractivity contribution in [2.45, 2.75) is 0 Å². The zero-order chi connectivity index (χ0) is 14.8. The molecule has 0 spiro atoms. The SMILES string of the molecule is O=C=NOC(=O)C(=O)ON=C=O.OP(O)(O)(F)F.[LiH]. The first-order valence-electron chi connectivity index (χ1n) is 3.23. The van der Waals surface area contributed by atoms with Gasteiger partial charge in [0, 0.05) is 10.3 Å². The van der Waals surface area contributed by atoms with E-state index < -0.39 is 19.8 Å². The second-order valence-corrected chi connectivity index (χ2v) is 3.48. The van der Waals surface area contributed by atoms with Crippen molar-refractivity contribution in [3.63, 3.8) is 0 Å². The van der Waals surface area contributed by atoms with Crippen LogP contribution in [-0.2, 0) is 28.9 Å². The van der Waals surface area contributed by atoms with Gasteiger partial charge in [-0.15, -0.1) is 0 Å². The Balaban J connectivity index is -0.000000313. The van der Waals surface area contributed by atoms with E-state index >= 15 is 0 Å². The van der Waals surface area contributed by atoms with Gasteiger partial charge in [0.2, 0.25) is 0 Å². The van der Waals surface area contributed by atoms with E-state index in [1.165, 1.54) is 0 Å². The van der Waals surface area contributed by atoms with E-state index in [0.717, 1.165) is 12.2 Å². The van der Waals surface area contributed by atoms with Gasteiger partial charge in [-0.2, -0.15) is 0 Å². The zero-order valence-corrected chi connectivity index (χ0v) is 8.78. The molecule has 0 saturated carbocycles. The number of hydrogen-bond donors (Lipinski definition) is 3. The van der Waals surface area contributed by atoms with Gasteiger partial charge in [0.05, 0.1) is 0 Å². The van der Waals surface area contributed by atoms with Crippen LogP contribution >= 0.6 is 7.91 Å². The Hall–Kier alpha value is -1.53. The summed E-state index contributed by atoms with van der Waals surface area (Å²) in [4.78, 5) is 67.0. The summed E-state index contributed by atoms with van der Waals surface area (Å²) in [5, 5.41) is 4.61. The number of halogens is 2. The molecule has 0 radical (unpaired) electrons. The van der Waals surface area contributed by atoms with E-state index in [1.54, 1.807) is 0 Å². The van der Waals surface area contributed by atoms with Gasteiger partial charge in [-0.3, -0.25) is 9.68 Å². The van der Waals surface area contributed by atoms with Crippen LogP contribution in [0.25, 0.3) is 0 Å². The van der Waals surface area contributed by atoms with Crippen molar-refractivity contribution in [1.82, 2.24) is 0 Å². The molecule has 0 fully saturated rings. The molecule has 0 aromatic heterocycles. The molecular weight excluding hydrogens is 296 g/mol. The average molecular weight is 300 g/mol. The topological polar surface area (TPSA) is 172 Å². The molecule has 0 heterocycles. The van der Waals surface area contributed by atoms with Gasteiger partial charge in [-0.25, -0.2) is 19.2 Å². The molecule has 0 atom stereocenters. The number of carbonyl (C=O) groups excluding carboxylic acids is 4. The monoisotopic (exact) mass is 300 g/mol. The third kappa shape index (κ3) is 31.5. The molecule has 19 heavy (non-hydrogen) atoms. The van der Waals surface area contributed by atoms with Gasteiger partial charge in [0.25, 0.3) is 12.2 Å². The standard InChI is InChI=1S/C4N2O6.F2H3O3P.Li.H/c7-1-5-11-3(9)4(10)12-6-2-8;1-6(2,3,4)5;;/h;3-5H;;. The molecular formula is C4H4F2LiN2O9P.